The fourth-order valence-electron chi connectivity index (χ4n) is 1.34. The summed E-state index contributed by atoms with van der Waals surface area (Å²) in [5.41, 5.74) is 3.64. The van der Waals surface area contributed by atoms with Crippen molar-refractivity contribution in [1.82, 2.24) is 4.98 Å². The quantitative estimate of drug-likeness (QED) is 0.923. The lowest BCUT2D eigenvalue weighted by Gasteiger charge is -2.05. The van der Waals surface area contributed by atoms with Gasteiger partial charge in [-0.25, -0.2) is 13.4 Å². The second kappa shape index (κ2) is 4.85. The van der Waals surface area contributed by atoms with Crippen LogP contribution < -0.4 is 5.32 Å². The van der Waals surface area contributed by atoms with Crippen LogP contribution in [-0.4, -0.2) is 19.7 Å². The molecule has 0 aliphatic rings. The van der Waals surface area contributed by atoms with Gasteiger partial charge in [0.05, 0.1) is 22.6 Å². The zero-order chi connectivity index (χ0) is 12.3. The lowest BCUT2D eigenvalue weighted by molar-refractivity contribution is 0.602. The van der Waals surface area contributed by atoms with Crippen LogP contribution in [0.5, 0.6) is 0 Å². The number of aromatic nitrogens is 1. The summed E-state index contributed by atoms with van der Waals surface area (Å²) in [4.78, 5) is 4.48. The number of rotatable bonds is 4. The number of nitrogens with one attached hydrogen (secondary N) is 1. The van der Waals surface area contributed by atoms with Crippen molar-refractivity contribution in [3.8, 4) is 0 Å². The van der Waals surface area contributed by atoms with Crippen molar-refractivity contribution in [2.24, 2.45) is 0 Å². The molecule has 2 rings (SSSR count). The van der Waals surface area contributed by atoms with Gasteiger partial charge in [-0.2, -0.15) is 0 Å². The van der Waals surface area contributed by atoms with E-state index in [1.165, 1.54) is 6.26 Å². The minimum atomic E-state index is -3.12. The molecule has 1 aromatic carbocycles. The van der Waals surface area contributed by atoms with Gasteiger partial charge in [0.1, 0.15) is 0 Å². The molecule has 0 unspecified atom stereocenters. The fourth-order valence-corrected chi connectivity index (χ4v) is 2.53. The average Bonchev–Trinajstić information content (AvgIpc) is 2.78. The topological polar surface area (TPSA) is 59.1 Å². The minimum absolute atomic E-state index is 0.330. The maximum absolute atomic E-state index is 11.3. The van der Waals surface area contributed by atoms with E-state index in [0.717, 1.165) is 11.4 Å². The van der Waals surface area contributed by atoms with Crippen molar-refractivity contribution >= 4 is 26.9 Å². The first-order valence-electron chi connectivity index (χ1n) is 4.97. The molecule has 0 saturated heterocycles. The van der Waals surface area contributed by atoms with Gasteiger partial charge in [-0.15, -0.1) is 11.3 Å². The van der Waals surface area contributed by atoms with Crippen LogP contribution in [0.1, 0.15) is 5.69 Å². The Morgan fingerprint density at radius 2 is 2.00 bits per heavy atom. The van der Waals surface area contributed by atoms with E-state index >= 15 is 0 Å². The second-order valence-electron chi connectivity index (χ2n) is 3.63. The summed E-state index contributed by atoms with van der Waals surface area (Å²) in [6.07, 6.45) is 1.20. The predicted molar refractivity (Wildman–Crippen MR) is 69.0 cm³/mol. The van der Waals surface area contributed by atoms with Gasteiger partial charge in [-0.1, -0.05) is 0 Å². The van der Waals surface area contributed by atoms with Crippen LogP contribution in [-0.2, 0) is 16.4 Å². The SMILES string of the molecule is CS(=O)(=O)c1ccc(NCc2cscn2)cc1. The van der Waals surface area contributed by atoms with E-state index in [0.29, 0.717) is 11.4 Å². The number of benzene rings is 1. The molecule has 0 aliphatic heterocycles. The molecule has 90 valence electrons. The lowest BCUT2D eigenvalue weighted by Crippen LogP contribution is -2.01. The molecule has 0 fully saturated rings. The van der Waals surface area contributed by atoms with E-state index in [1.54, 1.807) is 41.1 Å². The number of sulfone groups is 1. The molecular formula is C11H12N2O2S2. The number of nitrogens with zero attached hydrogens (tertiary/aromatic N) is 1. The summed E-state index contributed by atoms with van der Waals surface area (Å²) in [6, 6.07) is 6.70. The van der Waals surface area contributed by atoms with Gasteiger partial charge in [0.25, 0.3) is 0 Å². The lowest BCUT2D eigenvalue weighted by atomic mass is 10.3. The maximum Gasteiger partial charge on any atom is 0.175 e. The van der Waals surface area contributed by atoms with Crippen molar-refractivity contribution in [1.29, 1.82) is 0 Å². The molecule has 0 aliphatic carbocycles. The molecule has 0 bridgehead atoms. The van der Waals surface area contributed by atoms with Crippen LogP contribution in [0.3, 0.4) is 0 Å². The molecule has 0 atom stereocenters. The van der Waals surface area contributed by atoms with Gasteiger partial charge >= 0.3 is 0 Å². The Morgan fingerprint density at radius 3 is 2.53 bits per heavy atom. The van der Waals surface area contributed by atoms with Gasteiger partial charge in [0.15, 0.2) is 9.84 Å². The largest absolute Gasteiger partial charge is 0.379 e. The monoisotopic (exact) mass is 268 g/mol. The minimum Gasteiger partial charge on any atom is -0.379 e. The van der Waals surface area contributed by atoms with E-state index in [2.05, 4.69) is 10.3 Å². The predicted octanol–water partition coefficient (Wildman–Crippen LogP) is 2.16. The number of hydrogen-bond acceptors (Lipinski definition) is 5. The van der Waals surface area contributed by atoms with Crippen molar-refractivity contribution in [3.05, 3.63) is 40.8 Å². The Balaban J connectivity index is 2.04. The first-order chi connectivity index (χ1) is 8.05. The molecule has 6 heteroatoms. The molecule has 4 nitrogen and oxygen atoms in total. The molecule has 0 spiro atoms. The first kappa shape index (κ1) is 12.1. The molecular weight excluding hydrogens is 256 g/mol. The number of thiazole rings is 1. The van der Waals surface area contributed by atoms with Gasteiger partial charge in [0.2, 0.25) is 0 Å². The summed E-state index contributed by atoms with van der Waals surface area (Å²) in [7, 11) is -3.12. The van der Waals surface area contributed by atoms with Crippen molar-refractivity contribution in [2.75, 3.05) is 11.6 Å². The van der Waals surface area contributed by atoms with Crippen LogP contribution in [0.15, 0.2) is 40.1 Å². The van der Waals surface area contributed by atoms with Gasteiger partial charge in [0, 0.05) is 17.3 Å². The molecule has 0 amide bonds. The van der Waals surface area contributed by atoms with Crippen LogP contribution in [0.2, 0.25) is 0 Å². The number of hydrogen-bond donors (Lipinski definition) is 1. The van der Waals surface area contributed by atoms with Crippen LogP contribution in [0.4, 0.5) is 5.69 Å². The van der Waals surface area contributed by atoms with Gasteiger partial charge in [-0.3, -0.25) is 0 Å². The highest BCUT2D eigenvalue weighted by Crippen LogP contribution is 2.14. The summed E-state index contributed by atoms with van der Waals surface area (Å²) < 4.78 is 22.5. The molecule has 1 heterocycles. The van der Waals surface area contributed by atoms with E-state index in [1.807, 2.05) is 5.38 Å². The summed E-state index contributed by atoms with van der Waals surface area (Å²) in [6.45, 7) is 0.641. The zero-order valence-electron chi connectivity index (χ0n) is 9.25. The standard InChI is InChI=1S/C11H12N2O2S2/c1-17(14,15)11-4-2-9(3-5-11)12-6-10-7-16-8-13-10/h2-5,7-8,12H,6H2,1H3. The maximum atomic E-state index is 11.3. The van der Waals surface area contributed by atoms with Crippen LogP contribution >= 0.6 is 11.3 Å². The average molecular weight is 268 g/mol. The smallest absolute Gasteiger partial charge is 0.175 e. The van der Waals surface area contributed by atoms with E-state index < -0.39 is 9.84 Å². The Kier molecular flexibility index (Phi) is 3.44. The first-order valence-corrected chi connectivity index (χ1v) is 7.80. The third-order valence-electron chi connectivity index (χ3n) is 2.24. The Morgan fingerprint density at radius 1 is 1.29 bits per heavy atom. The van der Waals surface area contributed by atoms with Gasteiger partial charge < -0.3 is 5.32 Å². The summed E-state index contributed by atoms with van der Waals surface area (Å²) >= 11 is 1.55. The molecule has 1 N–H and O–H groups in total. The third kappa shape index (κ3) is 3.28. The molecule has 17 heavy (non-hydrogen) atoms. The van der Waals surface area contributed by atoms with Crippen molar-refractivity contribution < 1.29 is 8.42 Å². The van der Waals surface area contributed by atoms with Crippen LogP contribution in [0.25, 0.3) is 0 Å². The third-order valence-corrected chi connectivity index (χ3v) is 4.00. The van der Waals surface area contributed by atoms with E-state index in [4.69, 9.17) is 0 Å². The van der Waals surface area contributed by atoms with Gasteiger partial charge in [-0.05, 0) is 24.3 Å². The normalized spacial score (nSPS) is 11.4. The Hall–Kier alpha value is -1.40. The van der Waals surface area contributed by atoms with Crippen molar-refractivity contribution in [3.63, 3.8) is 0 Å². The highest BCUT2D eigenvalue weighted by molar-refractivity contribution is 7.90. The highest BCUT2D eigenvalue weighted by Gasteiger charge is 2.05. The summed E-state index contributed by atoms with van der Waals surface area (Å²) in [5, 5.41) is 5.15. The molecule has 1 aromatic heterocycles. The Labute approximate surface area is 104 Å². The van der Waals surface area contributed by atoms with Crippen LogP contribution in [0, 0.1) is 0 Å². The zero-order valence-corrected chi connectivity index (χ0v) is 10.9. The molecule has 0 radical (unpaired) electrons. The second-order valence-corrected chi connectivity index (χ2v) is 6.36. The summed E-state index contributed by atoms with van der Waals surface area (Å²) in [5.74, 6) is 0. The fraction of sp³-hybridized carbons (Fsp3) is 0.182. The van der Waals surface area contributed by atoms with E-state index in [9.17, 15) is 8.42 Å². The highest BCUT2D eigenvalue weighted by atomic mass is 32.2. The van der Waals surface area contributed by atoms with E-state index in [-0.39, 0.29) is 0 Å². The molecule has 0 saturated carbocycles. The Bertz CT molecular complexity index is 574. The molecule has 2 aromatic rings. The number of anilines is 1. The van der Waals surface area contributed by atoms with Crippen molar-refractivity contribution in [2.45, 2.75) is 11.4 Å².